The first kappa shape index (κ1) is 23.7. The zero-order valence-electron chi connectivity index (χ0n) is 18.5. The third-order valence-electron chi connectivity index (χ3n) is 6.45. The number of nitrogens with one attached hydrogen (secondary N) is 1. The molecule has 1 saturated heterocycles. The highest BCUT2D eigenvalue weighted by Gasteiger charge is 2.44. The molecule has 9 heteroatoms. The Morgan fingerprint density at radius 1 is 1.06 bits per heavy atom. The molecule has 0 bridgehead atoms. The topological polar surface area (TPSA) is 95.9 Å². The van der Waals surface area contributed by atoms with Crippen molar-refractivity contribution in [2.75, 3.05) is 26.2 Å². The number of carboxylic acid groups (broad SMARTS) is 1. The maximum Gasteiger partial charge on any atom is 0.407 e. The van der Waals surface area contributed by atoms with E-state index in [0.717, 1.165) is 27.2 Å². The van der Waals surface area contributed by atoms with Gasteiger partial charge in [0.15, 0.2) is 0 Å². The van der Waals surface area contributed by atoms with Crippen molar-refractivity contribution in [3.63, 3.8) is 0 Å². The van der Waals surface area contributed by atoms with Crippen LogP contribution in [0.3, 0.4) is 0 Å². The average molecular weight is 472 g/mol. The van der Waals surface area contributed by atoms with Crippen molar-refractivity contribution >= 4 is 18.0 Å². The van der Waals surface area contributed by atoms with E-state index >= 15 is 0 Å². The van der Waals surface area contributed by atoms with Gasteiger partial charge in [-0.15, -0.1) is 0 Å². The van der Waals surface area contributed by atoms with Crippen LogP contribution in [0.15, 0.2) is 48.5 Å². The van der Waals surface area contributed by atoms with Gasteiger partial charge in [-0.25, -0.2) is 4.79 Å². The van der Waals surface area contributed by atoms with Crippen molar-refractivity contribution in [1.82, 2.24) is 10.2 Å². The third-order valence-corrected chi connectivity index (χ3v) is 6.45. The summed E-state index contributed by atoms with van der Waals surface area (Å²) in [5, 5.41) is 10.8. The largest absolute Gasteiger partial charge is 0.481 e. The van der Waals surface area contributed by atoms with Crippen LogP contribution in [-0.2, 0) is 14.3 Å². The molecule has 0 spiro atoms. The zero-order valence-corrected chi connectivity index (χ0v) is 18.5. The number of alkyl halides is 2. The fourth-order valence-corrected chi connectivity index (χ4v) is 4.72. The predicted molar refractivity (Wildman–Crippen MR) is 120 cm³/mol. The van der Waals surface area contributed by atoms with Gasteiger partial charge in [0.2, 0.25) is 0 Å². The molecular weight excluding hydrogens is 446 g/mol. The Balaban J connectivity index is 1.29. The third kappa shape index (κ3) is 5.03. The molecule has 0 aromatic heterocycles. The van der Waals surface area contributed by atoms with Gasteiger partial charge in [0.1, 0.15) is 6.61 Å². The molecule has 0 radical (unpaired) electrons. The SMILES string of the molecule is O=C(O)CCC1CCN(C(=O)C(F)(F)CNC(=O)OCC2c3ccccc3-c3ccccc32)C1. The van der Waals surface area contributed by atoms with E-state index in [0.29, 0.717) is 12.8 Å². The number of fused-ring (bicyclic) bond motifs is 3. The number of alkyl carbamates (subject to hydrolysis) is 1. The number of benzene rings is 2. The summed E-state index contributed by atoms with van der Waals surface area (Å²) in [6, 6.07) is 15.5. The van der Waals surface area contributed by atoms with Gasteiger partial charge in [0.25, 0.3) is 5.91 Å². The number of hydrogen-bond donors (Lipinski definition) is 2. The standard InChI is InChI=1S/C25H26F2N2O5/c26-25(27,23(32)29-12-11-16(13-29)9-10-22(30)31)15-28-24(33)34-14-21-19-7-3-1-5-17(19)18-6-2-4-8-20(18)21/h1-8,16,21H,9-15H2,(H,28,33)(H,30,31). The van der Waals surface area contributed by atoms with E-state index in [4.69, 9.17) is 9.84 Å². The Bertz CT molecular complexity index is 1040. The molecule has 7 nitrogen and oxygen atoms in total. The second-order valence-electron chi connectivity index (χ2n) is 8.72. The number of halogens is 2. The van der Waals surface area contributed by atoms with Crippen molar-refractivity contribution < 1.29 is 33.0 Å². The minimum absolute atomic E-state index is 0.0171. The Kier molecular flexibility index (Phi) is 6.81. The number of ether oxygens (including phenoxy) is 1. The van der Waals surface area contributed by atoms with Crippen molar-refractivity contribution in [2.45, 2.75) is 31.1 Å². The van der Waals surface area contributed by atoms with E-state index in [1.165, 1.54) is 0 Å². The molecular formula is C25H26F2N2O5. The number of hydrogen-bond acceptors (Lipinski definition) is 4. The number of nitrogens with zero attached hydrogens (tertiary/aromatic N) is 1. The quantitative estimate of drug-likeness (QED) is 0.608. The molecule has 2 aromatic carbocycles. The van der Waals surface area contributed by atoms with Crippen LogP contribution in [0.4, 0.5) is 13.6 Å². The van der Waals surface area contributed by atoms with E-state index in [1.807, 2.05) is 53.8 Å². The van der Waals surface area contributed by atoms with E-state index in [-0.39, 0.29) is 38.0 Å². The zero-order chi connectivity index (χ0) is 24.3. The number of carboxylic acids is 1. The van der Waals surface area contributed by atoms with E-state index in [2.05, 4.69) is 0 Å². The van der Waals surface area contributed by atoms with Gasteiger partial charge in [0, 0.05) is 25.4 Å². The molecule has 2 aromatic rings. The van der Waals surface area contributed by atoms with Crippen LogP contribution < -0.4 is 5.32 Å². The summed E-state index contributed by atoms with van der Waals surface area (Å²) in [5.41, 5.74) is 4.11. The molecule has 1 aliphatic carbocycles. The molecule has 1 aliphatic heterocycles. The smallest absolute Gasteiger partial charge is 0.407 e. The molecule has 2 N–H and O–H groups in total. The van der Waals surface area contributed by atoms with Crippen molar-refractivity contribution in [3.8, 4) is 11.1 Å². The van der Waals surface area contributed by atoms with Crippen LogP contribution in [0.5, 0.6) is 0 Å². The van der Waals surface area contributed by atoms with Crippen molar-refractivity contribution in [2.24, 2.45) is 5.92 Å². The van der Waals surface area contributed by atoms with Crippen molar-refractivity contribution in [3.05, 3.63) is 59.7 Å². The molecule has 180 valence electrons. The molecule has 1 atom stereocenters. The normalized spacial score (nSPS) is 17.2. The summed E-state index contributed by atoms with van der Waals surface area (Å²) in [7, 11) is 0. The average Bonchev–Trinajstić information content (AvgIpc) is 3.42. The molecule has 2 aliphatic rings. The molecule has 1 fully saturated rings. The molecule has 1 heterocycles. The predicted octanol–water partition coefficient (Wildman–Crippen LogP) is 3.87. The van der Waals surface area contributed by atoms with Crippen LogP contribution in [0, 0.1) is 5.92 Å². The fourth-order valence-electron chi connectivity index (χ4n) is 4.72. The maximum absolute atomic E-state index is 14.5. The molecule has 0 saturated carbocycles. The first-order valence-electron chi connectivity index (χ1n) is 11.2. The van der Waals surface area contributed by atoms with Gasteiger partial charge in [-0.3, -0.25) is 9.59 Å². The van der Waals surface area contributed by atoms with E-state index in [9.17, 15) is 23.2 Å². The second kappa shape index (κ2) is 9.79. The Morgan fingerprint density at radius 2 is 1.68 bits per heavy atom. The molecule has 4 rings (SSSR count). The highest BCUT2D eigenvalue weighted by molar-refractivity contribution is 5.85. The summed E-state index contributed by atoms with van der Waals surface area (Å²) in [4.78, 5) is 36.2. The summed E-state index contributed by atoms with van der Waals surface area (Å²) in [6.07, 6.45) is -0.264. The number of rotatable bonds is 8. The summed E-state index contributed by atoms with van der Waals surface area (Å²) in [6.45, 7) is -0.953. The monoisotopic (exact) mass is 472 g/mol. The van der Waals surface area contributed by atoms with Crippen LogP contribution in [-0.4, -0.2) is 60.1 Å². The van der Waals surface area contributed by atoms with Gasteiger partial charge in [-0.2, -0.15) is 8.78 Å². The first-order chi connectivity index (χ1) is 16.3. The highest BCUT2D eigenvalue weighted by atomic mass is 19.3. The Hall–Kier alpha value is -3.49. The second-order valence-corrected chi connectivity index (χ2v) is 8.72. The number of aliphatic carboxylic acids is 1. The Labute approximate surface area is 195 Å². The van der Waals surface area contributed by atoms with Crippen LogP contribution >= 0.6 is 0 Å². The number of likely N-dealkylation sites (tertiary alicyclic amines) is 1. The van der Waals surface area contributed by atoms with E-state index in [1.54, 1.807) is 0 Å². The molecule has 2 amide bonds. The number of amides is 2. The molecule has 1 unspecified atom stereocenters. The van der Waals surface area contributed by atoms with Gasteiger partial charge >= 0.3 is 18.0 Å². The minimum atomic E-state index is -3.78. The lowest BCUT2D eigenvalue weighted by Crippen LogP contribution is -2.49. The van der Waals surface area contributed by atoms with Gasteiger partial charge in [-0.05, 0) is 41.0 Å². The number of carbonyl (C=O) groups excluding carboxylic acids is 2. The summed E-state index contributed by atoms with van der Waals surface area (Å²) < 4.78 is 34.1. The fraction of sp³-hybridized carbons (Fsp3) is 0.400. The summed E-state index contributed by atoms with van der Waals surface area (Å²) in [5.74, 6) is -6.43. The Morgan fingerprint density at radius 3 is 2.29 bits per heavy atom. The van der Waals surface area contributed by atoms with Crippen LogP contribution in [0.1, 0.15) is 36.3 Å². The lowest BCUT2D eigenvalue weighted by molar-refractivity contribution is -0.155. The lowest BCUT2D eigenvalue weighted by atomic mass is 9.98. The maximum atomic E-state index is 14.5. The number of carbonyl (C=O) groups is 3. The highest BCUT2D eigenvalue weighted by Crippen LogP contribution is 2.44. The van der Waals surface area contributed by atoms with Gasteiger partial charge < -0.3 is 20.1 Å². The molecule has 34 heavy (non-hydrogen) atoms. The minimum Gasteiger partial charge on any atom is -0.481 e. The van der Waals surface area contributed by atoms with Crippen molar-refractivity contribution in [1.29, 1.82) is 0 Å². The van der Waals surface area contributed by atoms with E-state index < -0.39 is 30.4 Å². The van der Waals surface area contributed by atoms with Crippen LogP contribution in [0.25, 0.3) is 11.1 Å². The van der Waals surface area contributed by atoms with Gasteiger partial charge in [-0.1, -0.05) is 48.5 Å². The first-order valence-corrected chi connectivity index (χ1v) is 11.2. The van der Waals surface area contributed by atoms with Crippen LogP contribution in [0.2, 0.25) is 0 Å². The van der Waals surface area contributed by atoms with Gasteiger partial charge in [0.05, 0.1) is 6.54 Å². The summed E-state index contributed by atoms with van der Waals surface area (Å²) >= 11 is 0. The lowest BCUT2D eigenvalue weighted by Gasteiger charge is -2.23.